The number of aromatic hydroxyl groups is 1. The van der Waals surface area contributed by atoms with Crippen molar-refractivity contribution in [2.24, 2.45) is 11.8 Å². The second kappa shape index (κ2) is 6.15. The molecule has 1 N–H and O–H groups in total. The number of phenols is 1. The maximum atomic E-state index is 13.0. The first kappa shape index (κ1) is 17.4. The summed E-state index contributed by atoms with van der Waals surface area (Å²) in [6.45, 7) is 5.62. The quantitative estimate of drug-likeness (QED) is 0.658. The molecule has 132 valence electrons. The van der Waals surface area contributed by atoms with E-state index >= 15 is 0 Å². The number of ether oxygens (including phenoxy) is 2. The minimum absolute atomic E-state index is 0.0180. The molecule has 0 radical (unpaired) electrons. The Hall–Kier alpha value is -2.40. The average Bonchev–Trinajstić information content (AvgIpc) is 2.76. The highest BCUT2D eigenvalue weighted by molar-refractivity contribution is 6.19. The monoisotopic (exact) mass is 342 g/mol. The van der Waals surface area contributed by atoms with E-state index in [9.17, 15) is 14.7 Å². The zero-order valence-corrected chi connectivity index (χ0v) is 14.6. The molecule has 0 saturated heterocycles. The first-order valence-corrected chi connectivity index (χ1v) is 8.24. The summed E-state index contributed by atoms with van der Waals surface area (Å²) in [4.78, 5) is 25.9. The molecule has 0 heterocycles. The van der Waals surface area contributed by atoms with Crippen molar-refractivity contribution < 1.29 is 24.2 Å². The Morgan fingerprint density at radius 2 is 2.04 bits per heavy atom. The lowest BCUT2D eigenvalue weighted by atomic mass is 9.80. The van der Waals surface area contributed by atoms with Gasteiger partial charge < -0.3 is 14.6 Å². The summed E-state index contributed by atoms with van der Waals surface area (Å²) in [6, 6.07) is 4.95. The molecule has 4 atom stereocenters. The summed E-state index contributed by atoms with van der Waals surface area (Å²) in [6.07, 6.45) is 3.75. The van der Waals surface area contributed by atoms with Crippen LogP contribution in [0.5, 0.6) is 11.5 Å². The second-order valence-corrected chi connectivity index (χ2v) is 6.61. The van der Waals surface area contributed by atoms with Crippen molar-refractivity contribution in [2.45, 2.75) is 24.9 Å². The molecule has 1 saturated carbocycles. The van der Waals surface area contributed by atoms with Gasteiger partial charge in [-0.25, -0.2) is 0 Å². The Morgan fingerprint density at radius 1 is 1.32 bits per heavy atom. The SMILES string of the molecule is C=CCC1=C[C@@]2(OC)C(=O)[C@H](C1=O)[C@H](c1ccc(O)c(OC)c1)[C@@H]2C. The minimum Gasteiger partial charge on any atom is -0.504 e. The van der Waals surface area contributed by atoms with Gasteiger partial charge in [0.05, 0.1) is 13.0 Å². The van der Waals surface area contributed by atoms with Crippen LogP contribution in [-0.4, -0.2) is 36.5 Å². The maximum Gasteiger partial charge on any atom is 0.180 e. The van der Waals surface area contributed by atoms with Crippen LogP contribution in [0.25, 0.3) is 0 Å². The van der Waals surface area contributed by atoms with Gasteiger partial charge >= 0.3 is 0 Å². The van der Waals surface area contributed by atoms with Crippen LogP contribution in [0.4, 0.5) is 0 Å². The molecule has 0 unspecified atom stereocenters. The van der Waals surface area contributed by atoms with E-state index < -0.39 is 11.5 Å². The van der Waals surface area contributed by atoms with Crippen LogP contribution >= 0.6 is 0 Å². The van der Waals surface area contributed by atoms with E-state index in [1.165, 1.54) is 20.3 Å². The first-order valence-electron chi connectivity index (χ1n) is 8.24. The number of fused-ring (bicyclic) bond motifs is 2. The van der Waals surface area contributed by atoms with E-state index in [2.05, 4.69) is 6.58 Å². The van der Waals surface area contributed by atoms with Gasteiger partial charge in [-0.3, -0.25) is 9.59 Å². The molecule has 1 aromatic carbocycles. The lowest BCUT2D eigenvalue weighted by molar-refractivity contribution is -0.141. The normalized spacial score (nSPS) is 31.0. The molecule has 2 bridgehead atoms. The summed E-state index contributed by atoms with van der Waals surface area (Å²) in [5.41, 5.74) is 0.245. The zero-order chi connectivity index (χ0) is 18.4. The average molecular weight is 342 g/mol. The van der Waals surface area contributed by atoms with Gasteiger partial charge in [0.1, 0.15) is 5.60 Å². The van der Waals surface area contributed by atoms with Crippen molar-refractivity contribution in [2.75, 3.05) is 14.2 Å². The van der Waals surface area contributed by atoms with Gasteiger partial charge in [-0.15, -0.1) is 6.58 Å². The fraction of sp³-hybridized carbons (Fsp3) is 0.400. The number of carbonyl (C=O) groups excluding carboxylic acids is 2. The molecule has 5 nitrogen and oxygen atoms in total. The molecular formula is C20H22O5. The largest absolute Gasteiger partial charge is 0.504 e. The number of methoxy groups -OCH3 is 2. The van der Waals surface area contributed by atoms with Crippen molar-refractivity contribution in [3.8, 4) is 11.5 Å². The first-order chi connectivity index (χ1) is 11.9. The van der Waals surface area contributed by atoms with Crippen molar-refractivity contribution in [1.29, 1.82) is 0 Å². The fourth-order valence-corrected chi connectivity index (χ4v) is 4.24. The Kier molecular flexibility index (Phi) is 4.29. The van der Waals surface area contributed by atoms with Crippen molar-refractivity contribution >= 4 is 11.6 Å². The number of carbonyl (C=O) groups is 2. The molecule has 25 heavy (non-hydrogen) atoms. The number of benzene rings is 1. The predicted octanol–water partition coefficient (Wildman–Crippen LogP) is 2.79. The van der Waals surface area contributed by atoms with E-state index in [0.717, 1.165) is 5.56 Å². The summed E-state index contributed by atoms with van der Waals surface area (Å²) >= 11 is 0. The highest BCUT2D eigenvalue weighted by atomic mass is 16.5. The van der Waals surface area contributed by atoms with Crippen molar-refractivity contribution in [3.63, 3.8) is 0 Å². The van der Waals surface area contributed by atoms with Gasteiger partial charge in [-0.05, 0) is 35.8 Å². The highest BCUT2D eigenvalue weighted by Crippen LogP contribution is 2.54. The Balaban J connectivity index is 2.14. The van der Waals surface area contributed by atoms with Gasteiger partial charge in [0.25, 0.3) is 0 Å². The highest BCUT2D eigenvalue weighted by Gasteiger charge is 2.63. The molecule has 3 rings (SSSR count). The third-order valence-corrected chi connectivity index (χ3v) is 5.52. The van der Waals surface area contributed by atoms with Gasteiger partial charge in [0, 0.05) is 18.9 Å². The Labute approximate surface area is 146 Å². The maximum absolute atomic E-state index is 13.0. The Bertz CT molecular complexity index is 778. The van der Waals surface area contributed by atoms with E-state index in [-0.39, 0.29) is 29.2 Å². The van der Waals surface area contributed by atoms with Crippen LogP contribution in [0.2, 0.25) is 0 Å². The molecule has 0 aliphatic heterocycles. The van der Waals surface area contributed by atoms with Gasteiger partial charge in [-0.1, -0.05) is 19.1 Å². The molecule has 0 spiro atoms. The topological polar surface area (TPSA) is 72.8 Å². The van der Waals surface area contributed by atoms with Crippen LogP contribution in [-0.2, 0) is 14.3 Å². The molecular weight excluding hydrogens is 320 g/mol. The van der Waals surface area contributed by atoms with Crippen LogP contribution in [0.1, 0.15) is 24.8 Å². The number of Topliss-reactive ketones (excluding diaryl/α,β-unsaturated/α-hetero) is 2. The number of phenolic OH excluding ortho intramolecular Hbond substituents is 1. The Morgan fingerprint density at radius 3 is 2.64 bits per heavy atom. The summed E-state index contributed by atoms with van der Waals surface area (Å²) < 4.78 is 10.8. The number of hydrogen-bond acceptors (Lipinski definition) is 5. The zero-order valence-electron chi connectivity index (χ0n) is 14.6. The van der Waals surface area contributed by atoms with Crippen molar-refractivity contribution in [3.05, 3.63) is 48.1 Å². The van der Waals surface area contributed by atoms with Crippen LogP contribution in [0.3, 0.4) is 0 Å². The van der Waals surface area contributed by atoms with Gasteiger partial charge in [0.15, 0.2) is 23.1 Å². The minimum atomic E-state index is -1.10. The predicted molar refractivity (Wildman–Crippen MR) is 92.7 cm³/mol. The molecule has 1 aromatic rings. The number of ketones is 2. The van der Waals surface area contributed by atoms with E-state index in [4.69, 9.17) is 9.47 Å². The fourth-order valence-electron chi connectivity index (χ4n) is 4.24. The number of rotatable bonds is 5. The van der Waals surface area contributed by atoms with Crippen LogP contribution in [0, 0.1) is 11.8 Å². The third-order valence-electron chi connectivity index (χ3n) is 5.52. The summed E-state index contributed by atoms with van der Waals surface area (Å²) in [7, 11) is 2.97. The molecule has 5 heteroatoms. The molecule has 2 aliphatic carbocycles. The van der Waals surface area contributed by atoms with Crippen LogP contribution < -0.4 is 4.74 Å². The van der Waals surface area contributed by atoms with Crippen molar-refractivity contribution in [1.82, 2.24) is 0 Å². The van der Waals surface area contributed by atoms with E-state index in [1.54, 1.807) is 24.3 Å². The van der Waals surface area contributed by atoms with E-state index in [0.29, 0.717) is 17.7 Å². The number of hydrogen-bond donors (Lipinski definition) is 1. The van der Waals surface area contributed by atoms with Gasteiger partial charge in [0.2, 0.25) is 0 Å². The molecule has 0 aromatic heterocycles. The lowest BCUT2D eigenvalue weighted by Gasteiger charge is -2.30. The smallest absolute Gasteiger partial charge is 0.180 e. The number of allylic oxidation sites excluding steroid dienone is 2. The molecule has 2 aliphatic rings. The lowest BCUT2D eigenvalue weighted by Crippen LogP contribution is -2.45. The molecule has 0 amide bonds. The molecule has 1 fully saturated rings. The summed E-state index contributed by atoms with van der Waals surface area (Å²) in [5.74, 6) is -1.38. The standard InChI is InChI=1S/C20H22O5/c1-5-6-13-10-20(25-4)11(2)16(17(18(13)22)19(20)23)12-7-8-14(21)15(9-12)24-3/h5,7-11,16-17,21H,1,6H2,2-4H3/t11-,16-,17-,20-/m0/s1. The summed E-state index contributed by atoms with van der Waals surface area (Å²) in [5, 5.41) is 9.84. The van der Waals surface area contributed by atoms with Crippen LogP contribution in [0.15, 0.2) is 42.5 Å². The van der Waals surface area contributed by atoms with Gasteiger partial charge in [-0.2, -0.15) is 0 Å². The van der Waals surface area contributed by atoms with E-state index in [1.807, 2.05) is 6.92 Å². The second-order valence-electron chi connectivity index (χ2n) is 6.61. The third kappa shape index (κ3) is 2.34.